The molecule has 5 aromatic rings. The number of hydrogen-bond donors (Lipinski definition) is 9. The van der Waals surface area contributed by atoms with Gasteiger partial charge >= 0.3 is 70.9 Å². The predicted octanol–water partition coefficient (Wildman–Crippen LogP) is 13.4. The Labute approximate surface area is 784 Å². The van der Waals surface area contributed by atoms with Crippen molar-refractivity contribution in [2.45, 2.75) is 304 Å². The third kappa shape index (κ3) is 44.4. The summed E-state index contributed by atoms with van der Waals surface area (Å²) in [5.74, 6) is 0.829. The van der Waals surface area contributed by atoms with Gasteiger partial charge in [-0.2, -0.15) is 5.26 Å². The Balaban J connectivity index is -0.00000140. The topological polar surface area (TPSA) is 585 Å². The van der Waals surface area contributed by atoms with Crippen LogP contribution in [0.2, 0.25) is 0 Å². The molecular formula is C86H141BFeN11NaO28. The normalized spacial score (nSPS) is 20.4. The molecule has 5 heterocycles. The van der Waals surface area contributed by atoms with Crippen LogP contribution in [0.3, 0.4) is 0 Å². The Morgan fingerprint density at radius 1 is 0.523 bits per heavy atom. The molecule has 16 rings (SSSR count). The third-order valence-corrected chi connectivity index (χ3v) is 21.6. The van der Waals surface area contributed by atoms with E-state index in [4.69, 9.17) is 55.4 Å². The summed E-state index contributed by atoms with van der Waals surface area (Å²) in [5.41, 5.74) is 16.0. The zero-order valence-corrected chi connectivity index (χ0v) is 76.9. The van der Waals surface area contributed by atoms with E-state index in [2.05, 4.69) is 79.0 Å². The molecule has 8 bridgehead atoms. The van der Waals surface area contributed by atoms with Gasteiger partial charge in [0.15, 0.2) is 5.69 Å². The predicted molar refractivity (Wildman–Crippen MR) is 466 cm³/mol. The van der Waals surface area contributed by atoms with Gasteiger partial charge in [-0.1, -0.05) is 113 Å². The van der Waals surface area contributed by atoms with Crippen LogP contribution in [0.25, 0.3) is 0 Å². The van der Waals surface area contributed by atoms with Crippen LogP contribution in [0.5, 0.6) is 0 Å². The van der Waals surface area contributed by atoms with Crippen LogP contribution in [0.15, 0.2) is 28.7 Å². The van der Waals surface area contributed by atoms with Crippen molar-refractivity contribution < 1.29 is 176 Å². The fourth-order valence-corrected chi connectivity index (χ4v) is 17.2. The van der Waals surface area contributed by atoms with E-state index in [0.29, 0.717) is 66.1 Å². The first kappa shape index (κ1) is 123. The number of aromatic carboxylic acids is 1. The average molecular weight is 1870 g/mol. The van der Waals surface area contributed by atoms with Gasteiger partial charge in [-0.25, -0.2) is 24.0 Å². The second-order valence-corrected chi connectivity index (χ2v) is 32.1. The Morgan fingerprint density at radius 3 is 1.17 bits per heavy atom. The Kier molecular flexibility index (Phi) is 61.1. The minimum atomic E-state index is -1.09. The fraction of sp³-hybridized carbons (Fsp3) is 0.698. The SMILES string of the molecule is C.C.C.C.CC(=O)O.CC(=O)O.CC(=O)OO.CC(=O)O[B-]OC(C)=O.CCOC(=O)c1onc(C)c1N.CCOC(=O)c1onc(C)c1NCC1CCCCC1.CCOC(=O)c1onc(C)c1[N+](=O)[O-].Cc1cc(C(=O)O)on1.Cc1noc(C(=O)NC23CC4CC(CC(C4)C2)C3)c1NCC1CCCCC1.NC12CC3CC(CC(C3)C1)C2.O=CC1CCCCC1.[Fe].[Na+]. The van der Waals surface area contributed by atoms with E-state index in [1.165, 1.54) is 168 Å². The van der Waals surface area contributed by atoms with Crippen molar-refractivity contribution >= 4 is 96.4 Å². The summed E-state index contributed by atoms with van der Waals surface area (Å²) in [6, 6.07) is 1.36. The van der Waals surface area contributed by atoms with Crippen LogP contribution in [0, 0.1) is 98.0 Å². The average Bonchev–Trinajstić information content (AvgIpc) is 0.830. The quantitative estimate of drug-likeness (QED) is 0.00705. The number of anilines is 3. The number of amides is 1. The number of nitro groups is 1. The number of nitrogen functional groups attached to an aromatic ring is 1. The molecule has 2 radical (unpaired) electrons. The second kappa shape index (κ2) is 63.7. The number of nitrogens with zero attached hydrogens (tertiary/aromatic N) is 6. The Hall–Kier alpha value is -9.28. The molecule has 42 heteroatoms. The number of carbonyl (C=O) groups excluding carboxylic acids is 8. The number of aliphatic carboxylic acids is 2. The van der Waals surface area contributed by atoms with E-state index in [-0.39, 0.29) is 130 Å². The molecular weight excluding hydrogens is 1720 g/mol. The minimum absolute atomic E-state index is 0. The van der Waals surface area contributed by atoms with Gasteiger partial charge in [0.25, 0.3) is 41.3 Å². The first-order chi connectivity index (χ1) is 57.8. The summed E-state index contributed by atoms with van der Waals surface area (Å²) >= 11 is 0. The number of nitrogens with one attached hydrogen (secondary N) is 3. The molecule has 1 amide bonds. The number of carboxylic acid groups (broad SMARTS) is 3. The van der Waals surface area contributed by atoms with Crippen molar-refractivity contribution in [1.82, 2.24) is 31.1 Å². The molecule has 0 saturated heterocycles. The van der Waals surface area contributed by atoms with E-state index in [1.54, 1.807) is 34.6 Å². The maximum absolute atomic E-state index is 13.1. The monoisotopic (exact) mass is 1870 g/mol. The maximum atomic E-state index is 13.1. The van der Waals surface area contributed by atoms with Crippen molar-refractivity contribution in [1.29, 1.82) is 0 Å². The van der Waals surface area contributed by atoms with Crippen molar-refractivity contribution in [2.75, 3.05) is 49.3 Å². The van der Waals surface area contributed by atoms with E-state index in [0.717, 1.165) is 119 Å². The molecule has 5 aromatic heterocycles. The van der Waals surface area contributed by atoms with Crippen molar-refractivity contribution in [3.05, 3.63) is 73.5 Å². The van der Waals surface area contributed by atoms with Crippen LogP contribution in [-0.4, -0.2) is 169 Å². The number of hydrogen-bond acceptors (Lipinski definition) is 34. The van der Waals surface area contributed by atoms with Crippen LogP contribution in [-0.2, 0) is 74.2 Å². The molecule has 11 saturated carbocycles. The van der Waals surface area contributed by atoms with Gasteiger partial charge in [-0.3, -0.25) is 34.1 Å². The van der Waals surface area contributed by atoms with Crippen molar-refractivity contribution in [3.63, 3.8) is 0 Å². The van der Waals surface area contributed by atoms with Gasteiger partial charge in [-0.15, -0.1) is 0 Å². The largest absolute Gasteiger partial charge is 1.00 e. The van der Waals surface area contributed by atoms with Crippen LogP contribution in [0.4, 0.5) is 22.7 Å². The summed E-state index contributed by atoms with van der Waals surface area (Å²) in [7, 11) is 0.699. The van der Waals surface area contributed by atoms with Crippen LogP contribution >= 0.6 is 0 Å². The molecule has 0 atom stereocenters. The number of carbonyl (C=O) groups is 11. The zero-order chi connectivity index (χ0) is 90.8. The molecule has 720 valence electrons. The van der Waals surface area contributed by atoms with E-state index in [9.17, 15) is 53.3 Å². The summed E-state index contributed by atoms with van der Waals surface area (Å²) in [6.45, 7) is 21.7. The Morgan fingerprint density at radius 2 is 0.859 bits per heavy atom. The fourth-order valence-electron chi connectivity index (χ4n) is 17.2. The maximum Gasteiger partial charge on any atom is 1.00 e. The third-order valence-electron chi connectivity index (χ3n) is 21.6. The number of aryl methyl sites for hydroxylation is 5. The van der Waals surface area contributed by atoms with E-state index in [1.807, 2.05) is 13.8 Å². The van der Waals surface area contributed by atoms with E-state index < -0.39 is 70.1 Å². The van der Waals surface area contributed by atoms with Gasteiger partial charge in [0.2, 0.25) is 11.5 Å². The summed E-state index contributed by atoms with van der Waals surface area (Å²) < 4.78 is 46.6. The molecule has 11 aliphatic rings. The standard InChI is InChI=1S/C22H33N3O2.C14H22N2O3.C10H17N.C7H8N2O5.C7H10N2O3.C7H12O.C5H5NO3.C4H6BO4.C2H4O3.2C2H4O2.4CH4.Fe.Na/c1-14-19(23-13-15-5-3-2-4-6-15)20(27-25-14)21(26)24-22-10-16-7-17(11-22)9-18(8-16)12-22;1-3-18-14(17)13-12(10(2)16-19-13)15-9-11-7-5-4-6-8-11;11-10-4-7-1-8(5-10)3-9(2-7)6-10;1-3-13-7(10)6-5(9(11)12)4(2)8-14-6;1-3-11-7(10)6-5(8)4(2)9-12-6;8-6-7-4-2-1-3-5-7;1-3-2-4(5(7)8)9-6-3;1-3(6)8-5-9-4(2)7;1-2(3)5-4;2*1-2(3)4;;;;;;/h15-18,23H,2-13H2,1H3,(H,24,26);11,15H,3-9H2,1-2H3;7-9H,1-6,11H2;3H2,1-2H3;3,8H2,1-2H3;6-7H,1-5H2;2H,1H3,(H,7,8);1-2H3;4H,1H3;2*1H3,(H,3,4);4*1H4;;/q;;;;;;;-1;;;;;;;;;+1. The van der Waals surface area contributed by atoms with E-state index >= 15 is 0 Å². The second-order valence-electron chi connectivity index (χ2n) is 32.1. The number of aromatic nitrogens is 5. The molecule has 11 fully saturated rings. The molecule has 0 unspecified atom stereocenters. The van der Waals surface area contributed by atoms with Gasteiger partial charge in [0.1, 0.15) is 48.1 Å². The summed E-state index contributed by atoms with van der Waals surface area (Å²) in [5, 5.41) is 69.3. The number of ether oxygens (including phenoxy) is 3. The van der Waals surface area contributed by atoms with Gasteiger partial charge in [0, 0.05) is 87.8 Å². The molecule has 0 aromatic carbocycles. The smallest absolute Gasteiger partial charge is 0.702 e. The molecule has 128 heavy (non-hydrogen) atoms. The van der Waals surface area contributed by atoms with Crippen LogP contribution in [0.1, 0.15) is 340 Å². The molecule has 39 nitrogen and oxygen atoms in total. The van der Waals surface area contributed by atoms with Crippen molar-refractivity contribution in [2.24, 2.45) is 59.0 Å². The summed E-state index contributed by atoms with van der Waals surface area (Å²) in [4.78, 5) is 127. The first-order valence-corrected chi connectivity index (χ1v) is 41.6. The molecule has 0 spiro atoms. The zero-order valence-electron chi connectivity index (χ0n) is 73.8. The molecule has 11 aliphatic carbocycles. The van der Waals surface area contributed by atoms with Crippen molar-refractivity contribution in [3.8, 4) is 0 Å². The number of aldehydes is 1. The number of nitrogens with two attached hydrogens (primary N) is 2. The number of carboxylic acids is 3. The Bertz CT molecular complexity index is 4040. The molecule has 0 aliphatic heterocycles. The summed E-state index contributed by atoms with van der Waals surface area (Å²) in [6.07, 6.45) is 36.5. The van der Waals surface area contributed by atoms with Gasteiger partial charge in [0.05, 0.1) is 30.4 Å². The number of rotatable bonds is 19. The molecule has 11 N–H and O–H groups in total. The first-order valence-electron chi connectivity index (χ1n) is 41.6. The van der Waals surface area contributed by atoms with Gasteiger partial charge in [-0.05, 0) is 218 Å². The minimum Gasteiger partial charge on any atom is -0.702 e. The number of esters is 3. The van der Waals surface area contributed by atoms with Gasteiger partial charge < -0.3 is 98.6 Å². The van der Waals surface area contributed by atoms with Crippen LogP contribution < -0.4 is 57.0 Å².